The summed E-state index contributed by atoms with van der Waals surface area (Å²) in [5.41, 5.74) is 7.18. The second kappa shape index (κ2) is 8.90. The Morgan fingerprint density at radius 1 is 0.833 bits per heavy atom. The van der Waals surface area contributed by atoms with Crippen molar-refractivity contribution in [3.8, 4) is 16.8 Å². The maximum atomic E-state index is 4.89. The van der Waals surface area contributed by atoms with Gasteiger partial charge in [0, 0.05) is 37.3 Å². The van der Waals surface area contributed by atoms with Crippen molar-refractivity contribution in [3.63, 3.8) is 0 Å². The van der Waals surface area contributed by atoms with Crippen molar-refractivity contribution in [3.05, 3.63) is 78.5 Å². The van der Waals surface area contributed by atoms with Gasteiger partial charge in [-0.25, -0.2) is 4.68 Å². The lowest BCUT2D eigenvalue weighted by Crippen LogP contribution is -2.43. The number of nitrogens with one attached hydrogen (secondary N) is 1. The molecule has 1 fully saturated rings. The monoisotopic (exact) mass is 418 g/mol. The summed E-state index contributed by atoms with van der Waals surface area (Å²) in [5.74, 6) is 0. The van der Waals surface area contributed by atoms with Crippen molar-refractivity contribution in [2.24, 2.45) is 0 Å². The Labute approximate surface area is 183 Å². The minimum absolute atomic E-state index is 0. The molecule has 1 N–H and O–H groups in total. The molecule has 0 bridgehead atoms. The number of piperazine rings is 1. The number of anilines is 1. The molecule has 0 amide bonds. The zero-order chi connectivity index (χ0) is 19.6. The van der Waals surface area contributed by atoms with Crippen LogP contribution in [0.4, 0.5) is 5.69 Å². The van der Waals surface area contributed by atoms with Crippen LogP contribution in [0, 0.1) is 0 Å². The summed E-state index contributed by atoms with van der Waals surface area (Å²) in [6.07, 6.45) is 0.926. The molecule has 3 aromatic carbocycles. The Hall–Kier alpha value is -2.82. The first-order chi connectivity index (χ1) is 14.3. The van der Waals surface area contributed by atoms with Crippen molar-refractivity contribution >= 4 is 29.0 Å². The topological polar surface area (TPSA) is 33.1 Å². The summed E-state index contributed by atoms with van der Waals surface area (Å²) in [5, 5.41) is 9.54. The quantitative estimate of drug-likeness (QED) is 0.501. The summed E-state index contributed by atoms with van der Waals surface area (Å²) in [6.45, 7) is 6.42. The minimum atomic E-state index is 0. The van der Waals surface area contributed by atoms with Gasteiger partial charge in [-0.2, -0.15) is 5.10 Å². The van der Waals surface area contributed by atoms with Gasteiger partial charge in [-0.3, -0.25) is 0 Å². The van der Waals surface area contributed by atoms with Gasteiger partial charge < -0.3 is 10.2 Å². The van der Waals surface area contributed by atoms with Crippen LogP contribution in [0.3, 0.4) is 0 Å². The van der Waals surface area contributed by atoms with Gasteiger partial charge in [-0.1, -0.05) is 49.4 Å². The van der Waals surface area contributed by atoms with Gasteiger partial charge in [-0.15, -0.1) is 12.4 Å². The van der Waals surface area contributed by atoms with Crippen LogP contribution in [0.5, 0.6) is 0 Å². The molecule has 4 nitrogen and oxygen atoms in total. The molecule has 1 aliphatic heterocycles. The van der Waals surface area contributed by atoms with Crippen molar-refractivity contribution in [1.82, 2.24) is 15.1 Å². The molecule has 1 saturated heterocycles. The van der Waals surface area contributed by atoms with Crippen molar-refractivity contribution in [2.75, 3.05) is 31.1 Å². The number of fused-ring (bicyclic) bond motifs is 1. The van der Waals surface area contributed by atoms with Gasteiger partial charge in [0.1, 0.15) is 0 Å². The standard InChI is InChI=1S/C25H26N4.ClH/c1-2-24-23-13-10-20(18-25(23)29(27-24)22-6-4-3-5-7-22)19-8-11-21(12-9-19)28-16-14-26-15-17-28;/h3-13,18,26H,2,14-17H2,1H3;1H. The molecule has 0 spiro atoms. The Kier molecular flexibility index (Phi) is 6.07. The number of hydrogen-bond donors (Lipinski definition) is 1. The summed E-state index contributed by atoms with van der Waals surface area (Å²) in [6, 6.07) is 26.1. The number of nitrogens with zero attached hydrogens (tertiary/aromatic N) is 3. The average Bonchev–Trinajstić information content (AvgIpc) is 3.18. The summed E-state index contributed by atoms with van der Waals surface area (Å²) in [4.78, 5) is 2.45. The van der Waals surface area contributed by atoms with Crippen LogP contribution in [0.15, 0.2) is 72.8 Å². The van der Waals surface area contributed by atoms with E-state index in [1.165, 1.54) is 22.2 Å². The van der Waals surface area contributed by atoms with Crippen LogP contribution in [0.1, 0.15) is 12.6 Å². The lowest BCUT2D eigenvalue weighted by atomic mass is 10.0. The molecule has 0 unspecified atom stereocenters. The predicted molar refractivity (Wildman–Crippen MR) is 128 cm³/mol. The summed E-state index contributed by atoms with van der Waals surface area (Å²) in [7, 11) is 0. The zero-order valence-electron chi connectivity index (χ0n) is 17.2. The van der Waals surface area contributed by atoms with Crippen LogP contribution in [-0.4, -0.2) is 36.0 Å². The van der Waals surface area contributed by atoms with E-state index in [1.54, 1.807) is 0 Å². The third kappa shape index (κ3) is 3.81. The molecular formula is C25H27ClN4. The highest BCUT2D eigenvalue weighted by Crippen LogP contribution is 2.29. The first-order valence-electron chi connectivity index (χ1n) is 10.5. The molecule has 4 aromatic rings. The smallest absolute Gasteiger partial charge is 0.0750 e. The van der Waals surface area contributed by atoms with Gasteiger partial charge in [0.2, 0.25) is 0 Å². The average molecular weight is 419 g/mol. The molecule has 154 valence electrons. The minimum Gasteiger partial charge on any atom is -0.369 e. The van der Waals surface area contributed by atoms with Crippen LogP contribution >= 0.6 is 12.4 Å². The molecule has 1 aliphatic rings. The van der Waals surface area contributed by atoms with E-state index in [2.05, 4.69) is 88.6 Å². The molecule has 1 aromatic heterocycles. The number of rotatable bonds is 4. The molecular weight excluding hydrogens is 392 g/mol. The van der Waals surface area contributed by atoms with E-state index in [9.17, 15) is 0 Å². The van der Waals surface area contributed by atoms with E-state index in [0.29, 0.717) is 0 Å². The molecule has 0 atom stereocenters. The van der Waals surface area contributed by atoms with Crippen LogP contribution in [0.2, 0.25) is 0 Å². The molecule has 5 rings (SSSR count). The fraction of sp³-hybridized carbons (Fsp3) is 0.240. The molecule has 0 aliphatic carbocycles. The van der Waals surface area contributed by atoms with E-state index in [0.717, 1.165) is 49.5 Å². The fourth-order valence-corrected chi connectivity index (χ4v) is 4.17. The highest BCUT2D eigenvalue weighted by molar-refractivity contribution is 5.88. The highest BCUT2D eigenvalue weighted by Gasteiger charge is 2.13. The number of hydrogen-bond acceptors (Lipinski definition) is 3. The maximum absolute atomic E-state index is 4.89. The molecule has 0 radical (unpaired) electrons. The Bertz CT molecular complexity index is 1110. The maximum Gasteiger partial charge on any atom is 0.0750 e. The SMILES string of the molecule is CCc1nn(-c2ccccc2)c2cc(-c3ccc(N4CCNCC4)cc3)ccc12.Cl. The molecule has 30 heavy (non-hydrogen) atoms. The number of aromatic nitrogens is 2. The van der Waals surface area contributed by atoms with Crippen molar-refractivity contribution in [1.29, 1.82) is 0 Å². The first-order valence-corrected chi connectivity index (χ1v) is 10.5. The normalized spacial score (nSPS) is 14.0. The second-order valence-electron chi connectivity index (χ2n) is 7.56. The second-order valence-corrected chi connectivity index (χ2v) is 7.56. The lowest BCUT2D eigenvalue weighted by molar-refractivity contribution is 0.589. The van der Waals surface area contributed by atoms with Crippen LogP contribution in [-0.2, 0) is 6.42 Å². The molecule has 2 heterocycles. The van der Waals surface area contributed by atoms with E-state index >= 15 is 0 Å². The largest absolute Gasteiger partial charge is 0.369 e. The number of benzene rings is 3. The predicted octanol–water partition coefficient (Wildman–Crippen LogP) is 5.09. The third-order valence-electron chi connectivity index (χ3n) is 5.78. The summed E-state index contributed by atoms with van der Waals surface area (Å²) >= 11 is 0. The Morgan fingerprint density at radius 2 is 1.53 bits per heavy atom. The zero-order valence-corrected chi connectivity index (χ0v) is 18.0. The fourth-order valence-electron chi connectivity index (χ4n) is 4.17. The van der Waals surface area contributed by atoms with Crippen LogP contribution < -0.4 is 10.2 Å². The first kappa shape index (κ1) is 20.5. The molecule has 0 saturated carbocycles. The van der Waals surface area contributed by atoms with Gasteiger partial charge in [0.25, 0.3) is 0 Å². The Balaban J connectivity index is 0.00000218. The molecule has 5 heteroatoms. The van der Waals surface area contributed by atoms with Gasteiger partial charge >= 0.3 is 0 Å². The van der Waals surface area contributed by atoms with Crippen molar-refractivity contribution in [2.45, 2.75) is 13.3 Å². The van der Waals surface area contributed by atoms with E-state index < -0.39 is 0 Å². The van der Waals surface area contributed by atoms with Crippen LogP contribution in [0.25, 0.3) is 27.7 Å². The van der Waals surface area contributed by atoms with Gasteiger partial charge in [0.05, 0.1) is 16.9 Å². The third-order valence-corrected chi connectivity index (χ3v) is 5.78. The number of halogens is 1. The van der Waals surface area contributed by atoms with E-state index in [4.69, 9.17) is 5.10 Å². The van der Waals surface area contributed by atoms with Gasteiger partial charge in [0.15, 0.2) is 0 Å². The van der Waals surface area contributed by atoms with Crippen molar-refractivity contribution < 1.29 is 0 Å². The number of para-hydroxylation sites is 1. The lowest BCUT2D eigenvalue weighted by Gasteiger charge is -2.29. The Morgan fingerprint density at radius 3 is 2.23 bits per heavy atom. The number of aryl methyl sites for hydroxylation is 1. The van der Waals surface area contributed by atoms with E-state index in [-0.39, 0.29) is 12.4 Å². The van der Waals surface area contributed by atoms with E-state index in [1.807, 2.05) is 6.07 Å². The van der Waals surface area contributed by atoms with Gasteiger partial charge in [-0.05, 0) is 47.9 Å². The highest BCUT2D eigenvalue weighted by atomic mass is 35.5. The summed E-state index contributed by atoms with van der Waals surface area (Å²) < 4.78 is 2.08.